The first-order chi connectivity index (χ1) is 9.58. The van der Waals surface area contributed by atoms with Crippen molar-refractivity contribution in [2.24, 2.45) is 0 Å². The molecule has 108 valence electrons. The number of fused-ring (bicyclic) bond motifs is 1. The maximum Gasteiger partial charge on any atom is 0.339 e. The van der Waals surface area contributed by atoms with Gasteiger partial charge in [-0.15, -0.1) is 0 Å². The van der Waals surface area contributed by atoms with Crippen molar-refractivity contribution in [3.8, 4) is 0 Å². The molecule has 0 saturated heterocycles. The van der Waals surface area contributed by atoms with Gasteiger partial charge in [0.05, 0.1) is 0 Å². The summed E-state index contributed by atoms with van der Waals surface area (Å²) in [5.41, 5.74) is 3.94. The fraction of sp³-hybridized carbons (Fsp3) is 0.500. The Hall–Kier alpha value is -1.57. The minimum atomic E-state index is -0.153. The molecule has 0 aliphatic rings. The van der Waals surface area contributed by atoms with Crippen molar-refractivity contribution >= 4 is 11.0 Å². The number of rotatable bonds is 5. The predicted octanol–water partition coefficient (Wildman–Crippen LogP) is 4.82. The first kappa shape index (κ1) is 14.8. The van der Waals surface area contributed by atoms with E-state index < -0.39 is 0 Å². The molecule has 0 aliphatic carbocycles. The molecule has 0 atom stereocenters. The summed E-state index contributed by atoms with van der Waals surface area (Å²) in [5.74, 6) is 0.482. The lowest BCUT2D eigenvalue weighted by Gasteiger charge is -2.12. The Balaban J connectivity index is 2.75. The molecule has 0 spiro atoms. The standard InChI is InChI=1S/C18H24O2/c1-5-7-14-15(8-6-2)18(19)20-17-10-9-13(12(3)4)11-16(14)17/h9-12H,5-8H2,1-4H3. The molecule has 1 aromatic carbocycles. The summed E-state index contributed by atoms with van der Waals surface area (Å²) in [6.07, 6.45) is 3.76. The fourth-order valence-corrected chi connectivity index (χ4v) is 2.72. The highest BCUT2D eigenvalue weighted by Gasteiger charge is 2.14. The van der Waals surface area contributed by atoms with E-state index in [1.165, 1.54) is 11.1 Å². The molecule has 20 heavy (non-hydrogen) atoms. The van der Waals surface area contributed by atoms with E-state index in [9.17, 15) is 4.79 Å². The van der Waals surface area contributed by atoms with E-state index in [4.69, 9.17) is 4.42 Å². The third-order valence-corrected chi connectivity index (χ3v) is 3.81. The van der Waals surface area contributed by atoms with Crippen molar-refractivity contribution in [3.63, 3.8) is 0 Å². The van der Waals surface area contributed by atoms with Crippen molar-refractivity contribution in [1.29, 1.82) is 0 Å². The van der Waals surface area contributed by atoms with Crippen molar-refractivity contribution in [1.82, 2.24) is 0 Å². The van der Waals surface area contributed by atoms with Crippen molar-refractivity contribution in [2.45, 2.75) is 59.3 Å². The van der Waals surface area contributed by atoms with Gasteiger partial charge in [0.1, 0.15) is 5.58 Å². The van der Waals surface area contributed by atoms with Crippen LogP contribution in [0.25, 0.3) is 11.0 Å². The Bertz CT molecular complexity index is 650. The van der Waals surface area contributed by atoms with E-state index >= 15 is 0 Å². The number of benzene rings is 1. The van der Waals surface area contributed by atoms with E-state index in [1.807, 2.05) is 6.07 Å². The van der Waals surface area contributed by atoms with Crippen LogP contribution >= 0.6 is 0 Å². The summed E-state index contributed by atoms with van der Waals surface area (Å²) in [5, 5.41) is 1.13. The molecule has 2 rings (SSSR count). The first-order valence-electron chi connectivity index (χ1n) is 7.67. The lowest BCUT2D eigenvalue weighted by molar-refractivity contribution is 0.545. The van der Waals surface area contributed by atoms with Gasteiger partial charge >= 0.3 is 5.63 Å². The van der Waals surface area contributed by atoms with Crippen molar-refractivity contribution < 1.29 is 4.42 Å². The summed E-state index contributed by atoms with van der Waals surface area (Å²) < 4.78 is 5.51. The fourth-order valence-electron chi connectivity index (χ4n) is 2.72. The van der Waals surface area contributed by atoms with Gasteiger partial charge in [-0.25, -0.2) is 4.79 Å². The summed E-state index contributed by atoms with van der Waals surface area (Å²) in [7, 11) is 0. The zero-order valence-corrected chi connectivity index (χ0v) is 13.0. The molecule has 1 aromatic heterocycles. The van der Waals surface area contributed by atoms with E-state index in [-0.39, 0.29) is 5.63 Å². The SMILES string of the molecule is CCCc1c(CCC)c2cc(C(C)C)ccc2oc1=O. The van der Waals surface area contributed by atoms with Crippen LogP contribution in [-0.4, -0.2) is 0 Å². The molecule has 0 radical (unpaired) electrons. The zero-order valence-electron chi connectivity index (χ0n) is 13.0. The van der Waals surface area contributed by atoms with Crippen LogP contribution in [0.5, 0.6) is 0 Å². The second-order valence-corrected chi connectivity index (χ2v) is 5.76. The molecule has 0 amide bonds. The van der Waals surface area contributed by atoms with Gasteiger partial charge in [0, 0.05) is 10.9 Å². The molecular weight excluding hydrogens is 248 g/mol. The smallest absolute Gasteiger partial charge is 0.339 e. The Morgan fingerprint density at radius 3 is 2.30 bits per heavy atom. The number of hydrogen-bond donors (Lipinski definition) is 0. The van der Waals surface area contributed by atoms with E-state index in [0.29, 0.717) is 5.92 Å². The van der Waals surface area contributed by atoms with Gasteiger partial charge in [-0.3, -0.25) is 0 Å². The largest absolute Gasteiger partial charge is 0.423 e. The summed E-state index contributed by atoms with van der Waals surface area (Å²) >= 11 is 0. The normalized spacial score (nSPS) is 11.4. The highest BCUT2D eigenvalue weighted by molar-refractivity contribution is 5.82. The highest BCUT2D eigenvalue weighted by atomic mass is 16.4. The molecule has 0 aliphatic heterocycles. The quantitative estimate of drug-likeness (QED) is 0.730. The Morgan fingerprint density at radius 1 is 1.05 bits per heavy atom. The maximum atomic E-state index is 12.2. The lowest BCUT2D eigenvalue weighted by atomic mass is 9.94. The lowest BCUT2D eigenvalue weighted by Crippen LogP contribution is -2.12. The summed E-state index contributed by atoms with van der Waals surface area (Å²) in [6.45, 7) is 8.63. The molecule has 0 bridgehead atoms. The molecule has 0 N–H and O–H groups in total. The number of aryl methyl sites for hydroxylation is 1. The van der Waals surface area contributed by atoms with Crippen LogP contribution in [0.4, 0.5) is 0 Å². The molecule has 2 heteroatoms. The second kappa shape index (κ2) is 6.25. The molecule has 0 unspecified atom stereocenters. The van der Waals surface area contributed by atoms with Gasteiger partial charge < -0.3 is 4.42 Å². The average molecular weight is 272 g/mol. The van der Waals surface area contributed by atoms with Crippen LogP contribution < -0.4 is 5.63 Å². The summed E-state index contributed by atoms with van der Waals surface area (Å²) in [6, 6.07) is 6.21. The Labute approximate surface area is 120 Å². The highest BCUT2D eigenvalue weighted by Crippen LogP contribution is 2.26. The third kappa shape index (κ3) is 2.79. The van der Waals surface area contributed by atoms with Crippen molar-refractivity contribution in [3.05, 3.63) is 45.3 Å². The maximum absolute atomic E-state index is 12.2. The molecule has 2 aromatic rings. The first-order valence-corrected chi connectivity index (χ1v) is 7.67. The predicted molar refractivity (Wildman–Crippen MR) is 84.6 cm³/mol. The van der Waals surface area contributed by atoms with Gasteiger partial charge in [-0.05, 0) is 42.0 Å². The average Bonchev–Trinajstić information content (AvgIpc) is 2.42. The van der Waals surface area contributed by atoms with Gasteiger partial charge in [0.25, 0.3) is 0 Å². The van der Waals surface area contributed by atoms with Crippen LogP contribution in [-0.2, 0) is 12.8 Å². The van der Waals surface area contributed by atoms with Crippen LogP contribution in [0.2, 0.25) is 0 Å². The molecule has 1 heterocycles. The van der Waals surface area contributed by atoms with E-state index in [2.05, 4.69) is 39.8 Å². The zero-order chi connectivity index (χ0) is 14.7. The van der Waals surface area contributed by atoms with E-state index in [0.717, 1.165) is 42.2 Å². The molecule has 0 saturated carbocycles. The second-order valence-electron chi connectivity index (χ2n) is 5.76. The van der Waals surface area contributed by atoms with Crippen LogP contribution in [0.1, 0.15) is 63.1 Å². The van der Waals surface area contributed by atoms with Crippen LogP contribution in [0.15, 0.2) is 27.4 Å². The topological polar surface area (TPSA) is 30.2 Å². The van der Waals surface area contributed by atoms with Gasteiger partial charge in [-0.2, -0.15) is 0 Å². The van der Waals surface area contributed by atoms with Crippen molar-refractivity contribution in [2.75, 3.05) is 0 Å². The molecule has 2 nitrogen and oxygen atoms in total. The Kier molecular flexibility index (Phi) is 4.64. The summed E-state index contributed by atoms with van der Waals surface area (Å²) in [4.78, 5) is 12.2. The number of hydrogen-bond acceptors (Lipinski definition) is 2. The van der Waals surface area contributed by atoms with Gasteiger partial charge in [0.2, 0.25) is 0 Å². The van der Waals surface area contributed by atoms with Gasteiger partial charge in [-0.1, -0.05) is 46.6 Å². The van der Waals surface area contributed by atoms with Gasteiger partial charge in [0.15, 0.2) is 0 Å². The molecule has 0 fully saturated rings. The minimum absolute atomic E-state index is 0.153. The monoisotopic (exact) mass is 272 g/mol. The minimum Gasteiger partial charge on any atom is -0.423 e. The van der Waals surface area contributed by atoms with Crippen LogP contribution in [0, 0.1) is 0 Å². The van der Waals surface area contributed by atoms with Crippen LogP contribution in [0.3, 0.4) is 0 Å². The van der Waals surface area contributed by atoms with E-state index in [1.54, 1.807) is 0 Å². The molecular formula is C18H24O2. The Morgan fingerprint density at radius 2 is 1.70 bits per heavy atom. The third-order valence-electron chi connectivity index (χ3n) is 3.81.